The van der Waals surface area contributed by atoms with Crippen LogP contribution in [-0.2, 0) is 0 Å². The van der Waals surface area contributed by atoms with E-state index in [1.54, 1.807) is 0 Å². The van der Waals surface area contributed by atoms with Gasteiger partial charge in [-0.15, -0.1) is 0 Å². The monoisotopic (exact) mass is 470 g/mol. The number of nitrogens with zero attached hydrogens (tertiary/aromatic N) is 2. The number of aromatic amines is 2. The van der Waals surface area contributed by atoms with Crippen molar-refractivity contribution in [3.8, 4) is 67.9 Å². The Labute approximate surface area is 207 Å². The molecule has 4 aromatic heterocycles. The Morgan fingerprint density at radius 1 is 0.417 bits per heavy atom. The lowest BCUT2D eigenvalue weighted by Gasteiger charge is -2.11. The first-order chi connectivity index (χ1) is 17.7. The van der Waals surface area contributed by atoms with E-state index in [2.05, 4.69) is 9.97 Å². The zero-order valence-electron chi connectivity index (χ0n) is 19.2. The Morgan fingerprint density at radius 3 is 1.22 bits per heavy atom. The van der Waals surface area contributed by atoms with E-state index in [0.29, 0.717) is 45.0 Å². The fourth-order valence-electron chi connectivity index (χ4n) is 4.39. The van der Waals surface area contributed by atoms with Gasteiger partial charge in [-0.1, -0.05) is 24.3 Å². The minimum atomic E-state index is 0.164. The van der Waals surface area contributed by atoms with Crippen molar-refractivity contribution in [1.29, 1.82) is 0 Å². The van der Waals surface area contributed by atoms with Crippen molar-refractivity contribution in [2.24, 2.45) is 0 Å². The van der Waals surface area contributed by atoms with Crippen LogP contribution in [0.3, 0.4) is 0 Å². The smallest absolute Gasteiger partial charge is 0.134 e. The molecule has 2 aromatic carbocycles. The molecule has 6 aromatic rings. The first kappa shape index (κ1) is 21.4. The number of hydrogen-bond acceptors (Lipinski definition) is 4. The zero-order valence-corrected chi connectivity index (χ0v) is 19.2. The SMILES string of the molecule is Oc1c(-c2cccc(-c3cccc(-c4cccc(-c5ccc[nH]5)c4O)n3)n2)cccc1-c1ccc[nH]1. The number of para-hydroxylation sites is 2. The summed E-state index contributed by atoms with van der Waals surface area (Å²) < 4.78 is 0. The summed E-state index contributed by atoms with van der Waals surface area (Å²) in [6.45, 7) is 0. The third-order valence-electron chi connectivity index (χ3n) is 6.16. The van der Waals surface area contributed by atoms with Crippen molar-refractivity contribution in [3.05, 3.63) is 109 Å². The van der Waals surface area contributed by atoms with E-state index < -0.39 is 0 Å². The number of phenols is 2. The first-order valence-corrected chi connectivity index (χ1v) is 11.6. The summed E-state index contributed by atoms with van der Waals surface area (Å²) in [5.74, 6) is 0.328. The van der Waals surface area contributed by atoms with E-state index in [4.69, 9.17) is 9.97 Å². The summed E-state index contributed by atoms with van der Waals surface area (Å²) in [6, 6.07) is 30.2. The molecule has 0 aliphatic heterocycles. The molecule has 0 bridgehead atoms. The maximum absolute atomic E-state index is 11.0. The highest BCUT2D eigenvalue weighted by Crippen LogP contribution is 2.39. The summed E-state index contributed by atoms with van der Waals surface area (Å²) in [4.78, 5) is 15.9. The van der Waals surface area contributed by atoms with Crippen LogP contribution in [0.5, 0.6) is 11.5 Å². The van der Waals surface area contributed by atoms with Crippen molar-refractivity contribution in [2.45, 2.75) is 0 Å². The number of hydrogen-bond donors (Lipinski definition) is 4. The topological polar surface area (TPSA) is 97.8 Å². The van der Waals surface area contributed by atoms with Gasteiger partial charge in [-0.2, -0.15) is 0 Å². The molecular formula is C30H22N4O2. The zero-order chi connectivity index (χ0) is 24.5. The molecule has 4 heterocycles. The molecule has 0 atom stereocenters. The fraction of sp³-hybridized carbons (Fsp3) is 0. The van der Waals surface area contributed by atoms with Gasteiger partial charge < -0.3 is 20.2 Å². The van der Waals surface area contributed by atoms with Crippen molar-refractivity contribution < 1.29 is 10.2 Å². The van der Waals surface area contributed by atoms with Crippen molar-refractivity contribution >= 4 is 0 Å². The second kappa shape index (κ2) is 8.92. The highest BCUT2D eigenvalue weighted by molar-refractivity contribution is 5.81. The first-order valence-electron chi connectivity index (χ1n) is 11.6. The van der Waals surface area contributed by atoms with E-state index in [0.717, 1.165) is 11.4 Å². The molecule has 6 heteroatoms. The highest BCUT2D eigenvalue weighted by Gasteiger charge is 2.15. The number of pyridine rings is 2. The molecule has 0 aliphatic rings. The summed E-state index contributed by atoms with van der Waals surface area (Å²) >= 11 is 0. The third kappa shape index (κ3) is 3.80. The van der Waals surface area contributed by atoms with Crippen LogP contribution in [0.25, 0.3) is 56.4 Å². The number of H-pyrrole nitrogens is 2. The maximum Gasteiger partial charge on any atom is 0.134 e. The maximum atomic E-state index is 11.0. The molecule has 0 saturated carbocycles. The summed E-state index contributed by atoms with van der Waals surface area (Å²) in [6.07, 6.45) is 3.65. The van der Waals surface area contributed by atoms with Gasteiger partial charge in [0, 0.05) is 46.0 Å². The van der Waals surface area contributed by atoms with Gasteiger partial charge in [0.15, 0.2) is 0 Å². The molecule has 6 rings (SSSR count). The molecule has 36 heavy (non-hydrogen) atoms. The number of phenolic OH excluding ortho intramolecular Hbond substituents is 2. The molecule has 0 saturated heterocycles. The molecule has 0 unspecified atom stereocenters. The Kier molecular flexibility index (Phi) is 5.31. The van der Waals surface area contributed by atoms with E-state index >= 15 is 0 Å². The molecule has 6 nitrogen and oxygen atoms in total. The van der Waals surface area contributed by atoms with Gasteiger partial charge in [-0.3, -0.25) is 0 Å². The molecule has 0 aliphatic carbocycles. The van der Waals surface area contributed by atoms with Crippen LogP contribution in [-0.4, -0.2) is 30.1 Å². The number of benzene rings is 2. The molecule has 4 N–H and O–H groups in total. The van der Waals surface area contributed by atoms with E-state index in [-0.39, 0.29) is 11.5 Å². The van der Waals surface area contributed by atoms with Gasteiger partial charge >= 0.3 is 0 Å². The Bertz CT molecular complexity index is 1530. The average molecular weight is 471 g/mol. The number of rotatable bonds is 5. The predicted octanol–water partition coefficient (Wildman–Crippen LogP) is 6.88. The molecule has 0 amide bonds. The van der Waals surface area contributed by atoms with Crippen LogP contribution in [0.1, 0.15) is 0 Å². The minimum Gasteiger partial charge on any atom is -0.507 e. The minimum absolute atomic E-state index is 0.164. The standard InChI is InChI=1S/C30H22N4O2/c35-29-19(23-15-5-17-31-23)7-1-9-21(29)25-11-3-13-27(33-25)28-14-4-12-26(34-28)22-10-2-8-20(30(22)36)24-16-6-18-32-24/h1-18,31-32,35-36H. The van der Waals surface area contributed by atoms with E-state index in [1.165, 1.54) is 0 Å². The molecule has 0 radical (unpaired) electrons. The normalized spacial score (nSPS) is 11.0. The quantitative estimate of drug-likeness (QED) is 0.221. The van der Waals surface area contributed by atoms with Gasteiger partial charge in [0.2, 0.25) is 0 Å². The van der Waals surface area contributed by atoms with Crippen LogP contribution in [0.4, 0.5) is 0 Å². The van der Waals surface area contributed by atoms with Gasteiger partial charge in [0.1, 0.15) is 11.5 Å². The van der Waals surface area contributed by atoms with Crippen LogP contribution in [0.2, 0.25) is 0 Å². The Morgan fingerprint density at radius 2 is 0.806 bits per heavy atom. The van der Waals surface area contributed by atoms with Crippen LogP contribution in [0, 0.1) is 0 Å². The molecule has 0 spiro atoms. The van der Waals surface area contributed by atoms with E-state index in [9.17, 15) is 10.2 Å². The lowest BCUT2D eigenvalue weighted by Crippen LogP contribution is -1.93. The predicted molar refractivity (Wildman–Crippen MR) is 141 cm³/mol. The highest BCUT2D eigenvalue weighted by atomic mass is 16.3. The van der Waals surface area contributed by atoms with Crippen LogP contribution < -0.4 is 0 Å². The van der Waals surface area contributed by atoms with Gasteiger partial charge in [0.05, 0.1) is 22.8 Å². The van der Waals surface area contributed by atoms with Crippen molar-refractivity contribution in [2.75, 3.05) is 0 Å². The third-order valence-corrected chi connectivity index (χ3v) is 6.16. The van der Waals surface area contributed by atoms with Crippen molar-refractivity contribution in [3.63, 3.8) is 0 Å². The summed E-state index contributed by atoms with van der Waals surface area (Å²) in [5.41, 5.74) is 6.97. The average Bonchev–Trinajstić information content (AvgIpc) is 3.64. The van der Waals surface area contributed by atoms with Gasteiger partial charge in [0.25, 0.3) is 0 Å². The lowest BCUT2D eigenvalue weighted by atomic mass is 10.0. The largest absolute Gasteiger partial charge is 0.507 e. The number of aromatic nitrogens is 4. The van der Waals surface area contributed by atoms with Crippen molar-refractivity contribution in [1.82, 2.24) is 19.9 Å². The van der Waals surface area contributed by atoms with Crippen LogP contribution in [0.15, 0.2) is 109 Å². The Hall–Kier alpha value is -5.10. The number of nitrogens with one attached hydrogen (secondary N) is 2. The van der Waals surface area contributed by atoms with Crippen LogP contribution >= 0.6 is 0 Å². The lowest BCUT2D eigenvalue weighted by molar-refractivity contribution is 0.478. The molecule has 174 valence electrons. The second-order valence-electron chi connectivity index (χ2n) is 8.39. The second-order valence-corrected chi connectivity index (χ2v) is 8.39. The van der Waals surface area contributed by atoms with E-state index in [1.807, 2.05) is 109 Å². The fourth-order valence-corrected chi connectivity index (χ4v) is 4.39. The molecule has 0 fully saturated rings. The van der Waals surface area contributed by atoms with Gasteiger partial charge in [-0.25, -0.2) is 9.97 Å². The Balaban J connectivity index is 1.39. The molecular weight excluding hydrogens is 448 g/mol. The summed E-state index contributed by atoms with van der Waals surface area (Å²) in [5, 5.41) is 22.0. The van der Waals surface area contributed by atoms with Gasteiger partial charge in [-0.05, 0) is 72.8 Å². The summed E-state index contributed by atoms with van der Waals surface area (Å²) in [7, 11) is 0. The number of aromatic hydroxyl groups is 2.